The van der Waals surface area contributed by atoms with Crippen molar-refractivity contribution in [3.8, 4) is 11.3 Å². The number of halogens is 1. The van der Waals surface area contributed by atoms with Crippen LogP contribution in [0.15, 0.2) is 60.0 Å². The van der Waals surface area contributed by atoms with Gasteiger partial charge < -0.3 is 4.98 Å². The van der Waals surface area contributed by atoms with Crippen LogP contribution in [0.4, 0.5) is 5.95 Å². The Balaban J connectivity index is 1.46. The minimum atomic E-state index is -0.318. The number of carbonyl (C=O) groups excluding carboxylic acids is 1. The van der Waals surface area contributed by atoms with E-state index >= 15 is 0 Å². The van der Waals surface area contributed by atoms with Crippen molar-refractivity contribution >= 4 is 50.7 Å². The number of fused-ring (bicyclic) bond motifs is 2. The average Bonchev–Trinajstić information content (AvgIpc) is 3.36. The van der Waals surface area contributed by atoms with Gasteiger partial charge in [-0.1, -0.05) is 54.1 Å². The molecule has 0 atom stereocenters. The summed E-state index contributed by atoms with van der Waals surface area (Å²) in [6.07, 6.45) is 0. The normalized spacial score (nSPS) is 11.3. The second-order valence-corrected chi connectivity index (χ2v) is 7.20. The van der Waals surface area contributed by atoms with Crippen molar-refractivity contribution in [1.82, 2.24) is 19.6 Å². The summed E-state index contributed by atoms with van der Waals surface area (Å²) in [6.45, 7) is 0. The Morgan fingerprint density at radius 2 is 2.00 bits per heavy atom. The molecule has 0 aliphatic rings. The first-order chi connectivity index (χ1) is 13.2. The Morgan fingerprint density at radius 1 is 1.15 bits per heavy atom. The fourth-order valence-corrected chi connectivity index (χ4v) is 4.01. The van der Waals surface area contributed by atoms with Gasteiger partial charge in [-0.3, -0.25) is 10.1 Å². The summed E-state index contributed by atoms with van der Waals surface area (Å²) in [5.74, 6) is -0.0597. The summed E-state index contributed by atoms with van der Waals surface area (Å²) in [6, 6.07) is 17.2. The van der Waals surface area contributed by atoms with Crippen molar-refractivity contribution in [2.45, 2.75) is 0 Å². The van der Waals surface area contributed by atoms with Gasteiger partial charge >= 0.3 is 0 Å². The third-order valence-corrected chi connectivity index (χ3v) is 5.36. The van der Waals surface area contributed by atoms with Gasteiger partial charge in [-0.2, -0.15) is 4.98 Å². The highest BCUT2D eigenvalue weighted by molar-refractivity contribution is 7.15. The zero-order valence-corrected chi connectivity index (χ0v) is 15.4. The number of anilines is 1. The Morgan fingerprint density at radius 3 is 2.81 bits per heavy atom. The third-order valence-electron chi connectivity index (χ3n) is 4.23. The number of hydrogen-bond acceptors (Lipinski definition) is 4. The van der Waals surface area contributed by atoms with Crippen LogP contribution in [0.3, 0.4) is 0 Å². The Kier molecular flexibility index (Phi) is 3.70. The number of nitrogens with one attached hydrogen (secondary N) is 2. The molecule has 0 fully saturated rings. The topological polar surface area (TPSA) is 75.1 Å². The van der Waals surface area contributed by atoms with Gasteiger partial charge in [0, 0.05) is 16.3 Å². The molecule has 3 heterocycles. The molecule has 0 aliphatic carbocycles. The van der Waals surface area contributed by atoms with E-state index in [0.29, 0.717) is 15.7 Å². The minimum Gasteiger partial charge on any atom is -0.349 e. The van der Waals surface area contributed by atoms with Gasteiger partial charge in [0.25, 0.3) is 11.9 Å². The largest absolute Gasteiger partial charge is 0.349 e. The molecule has 8 heteroatoms. The molecule has 0 unspecified atom stereocenters. The molecular weight excluding hydrogens is 382 g/mol. The Labute approximate surface area is 162 Å². The van der Waals surface area contributed by atoms with Gasteiger partial charge in [-0.15, -0.1) is 16.4 Å². The third kappa shape index (κ3) is 2.77. The predicted molar refractivity (Wildman–Crippen MR) is 108 cm³/mol. The van der Waals surface area contributed by atoms with Gasteiger partial charge in [-0.05, 0) is 12.1 Å². The van der Waals surface area contributed by atoms with Crippen molar-refractivity contribution < 1.29 is 4.79 Å². The van der Waals surface area contributed by atoms with Crippen molar-refractivity contribution in [3.05, 3.63) is 70.7 Å². The lowest BCUT2D eigenvalue weighted by Gasteiger charge is -1.99. The van der Waals surface area contributed by atoms with Gasteiger partial charge in [0.05, 0.1) is 16.2 Å². The molecule has 3 aromatic heterocycles. The van der Waals surface area contributed by atoms with Crippen LogP contribution in [-0.2, 0) is 0 Å². The number of thiazole rings is 1. The first-order valence-corrected chi connectivity index (χ1v) is 9.43. The number of para-hydroxylation sites is 1. The van der Waals surface area contributed by atoms with Crippen LogP contribution < -0.4 is 5.32 Å². The predicted octanol–water partition coefficient (Wildman–Crippen LogP) is 4.84. The molecule has 0 saturated carbocycles. The molecule has 0 spiro atoms. The van der Waals surface area contributed by atoms with Crippen molar-refractivity contribution in [2.75, 3.05) is 5.32 Å². The second kappa shape index (κ2) is 6.22. The molecule has 0 saturated heterocycles. The maximum Gasteiger partial charge on any atom is 0.274 e. The zero-order chi connectivity index (χ0) is 18.4. The number of benzene rings is 2. The molecule has 132 valence electrons. The van der Waals surface area contributed by atoms with E-state index in [1.165, 1.54) is 11.3 Å². The smallest absolute Gasteiger partial charge is 0.274 e. The molecule has 2 aromatic carbocycles. The molecule has 27 heavy (non-hydrogen) atoms. The number of amides is 1. The van der Waals surface area contributed by atoms with Crippen molar-refractivity contribution in [1.29, 1.82) is 0 Å². The number of nitrogens with zero attached hydrogens (tertiary/aromatic N) is 3. The molecule has 5 aromatic rings. The number of aromatic amines is 1. The first kappa shape index (κ1) is 16.0. The SMILES string of the molecule is O=C(Nc1nc2scc(-c3ccccc3)n2n1)c1cc2cccc(Cl)c2[nH]1. The number of rotatable bonds is 3. The van der Waals surface area contributed by atoms with Crippen LogP contribution in [0.1, 0.15) is 10.5 Å². The van der Waals surface area contributed by atoms with Crippen LogP contribution in [0.25, 0.3) is 27.1 Å². The van der Waals surface area contributed by atoms with Crippen LogP contribution in [0.2, 0.25) is 5.02 Å². The maximum absolute atomic E-state index is 12.6. The number of carbonyl (C=O) groups is 1. The molecule has 1 amide bonds. The molecule has 5 rings (SSSR count). The molecule has 0 radical (unpaired) electrons. The summed E-state index contributed by atoms with van der Waals surface area (Å²) in [5, 5.41) is 10.6. The average molecular weight is 394 g/mol. The lowest BCUT2D eigenvalue weighted by atomic mass is 10.2. The van der Waals surface area contributed by atoms with Crippen LogP contribution in [0.5, 0.6) is 0 Å². The molecular formula is C19H12ClN5OS. The highest BCUT2D eigenvalue weighted by Crippen LogP contribution is 2.26. The standard InChI is InChI=1S/C19H12ClN5OS/c20-13-8-4-7-12-9-14(21-16(12)13)17(26)22-18-23-19-25(24-18)15(10-27-19)11-5-2-1-3-6-11/h1-10,21H,(H,22,24,26). The number of hydrogen-bond donors (Lipinski definition) is 2. The summed E-state index contributed by atoms with van der Waals surface area (Å²) in [7, 11) is 0. The van der Waals surface area contributed by atoms with Gasteiger partial charge in [0.1, 0.15) is 5.69 Å². The van der Waals surface area contributed by atoms with E-state index in [1.54, 1.807) is 16.6 Å². The summed E-state index contributed by atoms with van der Waals surface area (Å²) >= 11 is 7.63. The molecule has 2 N–H and O–H groups in total. The van der Waals surface area contributed by atoms with E-state index in [1.807, 2.05) is 47.8 Å². The monoisotopic (exact) mass is 393 g/mol. The number of aromatic nitrogens is 4. The molecule has 0 bridgehead atoms. The van der Waals surface area contributed by atoms with Crippen LogP contribution in [0, 0.1) is 0 Å². The quantitative estimate of drug-likeness (QED) is 0.460. The summed E-state index contributed by atoms with van der Waals surface area (Å²) < 4.78 is 1.73. The van der Waals surface area contributed by atoms with E-state index in [0.717, 1.165) is 22.2 Å². The maximum atomic E-state index is 12.6. The zero-order valence-electron chi connectivity index (χ0n) is 13.8. The van der Waals surface area contributed by atoms with E-state index in [9.17, 15) is 4.79 Å². The number of H-pyrrole nitrogens is 1. The highest BCUT2D eigenvalue weighted by atomic mass is 35.5. The lowest BCUT2D eigenvalue weighted by Crippen LogP contribution is -2.13. The molecule has 0 aliphatic heterocycles. The van der Waals surface area contributed by atoms with E-state index < -0.39 is 0 Å². The minimum absolute atomic E-state index is 0.258. The molecule has 6 nitrogen and oxygen atoms in total. The summed E-state index contributed by atoms with van der Waals surface area (Å²) in [4.78, 5) is 20.7. The van der Waals surface area contributed by atoms with Crippen molar-refractivity contribution in [3.63, 3.8) is 0 Å². The lowest BCUT2D eigenvalue weighted by molar-refractivity contribution is 0.102. The Bertz CT molecular complexity index is 1290. The van der Waals surface area contributed by atoms with Crippen LogP contribution >= 0.6 is 22.9 Å². The second-order valence-electron chi connectivity index (χ2n) is 5.96. The van der Waals surface area contributed by atoms with E-state index in [4.69, 9.17) is 11.6 Å². The van der Waals surface area contributed by atoms with E-state index in [-0.39, 0.29) is 11.9 Å². The van der Waals surface area contributed by atoms with Gasteiger partial charge in [0.15, 0.2) is 0 Å². The highest BCUT2D eigenvalue weighted by Gasteiger charge is 2.16. The Hall–Kier alpha value is -3.16. The first-order valence-electron chi connectivity index (χ1n) is 8.17. The fraction of sp³-hybridized carbons (Fsp3) is 0. The van der Waals surface area contributed by atoms with E-state index in [2.05, 4.69) is 20.4 Å². The van der Waals surface area contributed by atoms with Gasteiger partial charge in [-0.25, -0.2) is 4.52 Å². The van der Waals surface area contributed by atoms with Crippen molar-refractivity contribution in [2.24, 2.45) is 0 Å². The van der Waals surface area contributed by atoms with Crippen LogP contribution in [-0.4, -0.2) is 25.5 Å². The summed E-state index contributed by atoms with van der Waals surface area (Å²) in [5.41, 5.74) is 3.10. The fourth-order valence-electron chi connectivity index (χ4n) is 2.95. The van der Waals surface area contributed by atoms with Gasteiger partial charge in [0.2, 0.25) is 4.96 Å².